The number of aromatic amines is 1. The molecule has 0 bridgehead atoms. The summed E-state index contributed by atoms with van der Waals surface area (Å²) in [4.78, 5) is 12.5. The molecule has 2 aromatic carbocycles. The lowest BCUT2D eigenvalue weighted by atomic mass is 10.1. The van der Waals surface area contributed by atoms with Crippen molar-refractivity contribution in [3.05, 3.63) is 66.0 Å². The molecule has 0 unspecified atom stereocenters. The number of anilines is 1. The van der Waals surface area contributed by atoms with Gasteiger partial charge in [-0.1, -0.05) is 18.2 Å². The molecule has 4 rings (SSSR count). The van der Waals surface area contributed by atoms with Crippen molar-refractivity contribution in [3.63, 3.8) is 0 Å². The molecule has 164 valence electrons. The van der Waals surface area contributed by atoms with E-state index in [2.05, 4.69) is 30.4 Å². The fourth-order valence-corrected chi connectivity index (χ4v) is 3.57. The third kappa shape index (κ3) is 5.49. The minimum Gasteiger partial charge on any atom is -0.366 e. The van der Waals surface area contributed by atoms with Crippen molar-refractivity contribution in [2.45, 2.75) is 6.54 Å². The fourth-order valence-electron chi connectivity index (χ4n) is 3.57. The summed E-state index contributed by atoms with van der Waals surface area (Å²) in [6, 6.07) is 11.6. The van der Waals surface area contributed by atoms with E-state index in [1.54, 1.807) is 7.05 Å². The first-order chi connectivity index (χ1) is 14.6. The number of nitrogens with zero attached hydrogens (tertiary/aromatic N) is 5. The molecule has 31 heavy (non-hydrogen) atoms. The van der Waals surface area contributed by atoms with E-state index in [0.717, 1.165) is 29.0 Å². The Bertz CT molecular complexity index is 1020. The highest BCUT2D eigenvalue weighted by atomic mass is 127. The summed E-state index contributed by atoms with van der Waals surface area (Å²) in [6.07, 6.45) is 1.48. The Labute approximate surface area is 196 Å². The Kier molecular flexibility index (Phi) is 7.77. The van der Waals surface area contributed by atoms with Gasteiger partial charge >= 0.3 is 0 Å². The quantitative estimate of drug-likeness (QED) is 0.303. The molecule has 3 aromatic rings. The standard InChI is InChI=1S/C21H23F2N7.HI/c1-24-21(25-13-15-3-2-4-16(11-15)20-26-14-27-28-20)30-9-7-29(8-10-30)19-12-17(22)5-6-18(19)23;/h2-6,11-12,14H,7-10,13H2,1H3,(H,24,25)(H,26,27,28);1H. The third-order valence-electron chi connectivity index (χ3n) is 5.11. The van der Waals surface area contributed by atoms with Crippen molar-refractivity contribution in [1.29, 1.82) is 0 Å². The lowest BCUT2D eigenvalue weighted by Gasteiger charge is -2.37. The van der Waals surface area contributed by atoms with Gasteiger partial charge in [0, 0.05) is 51.4 Å². The molecule has 0 amide bonds. The second kappa shape index (κ2) is 10.5. The van der Waals surface area contributed by atoms with E-state index in [1.165, 1.54) is 18.5 Å². The molecular formula is C21H24F2IN7. The van der Waals surface area contributed by atoms with Crippen LogP contribution in [0.4, 0.5) is 14.5 Å². The van der Waals surface area contributed by atoms with Crippen molar-refractivity contribution >= 4 is 35.6 Å². The Morgan fingerprint density at radius 3 is 2.65 bits per heavy atom. The molecule has 0 saturated carbocycles. The number of hydrogen-bond acceptors (Lipinski definition) is 4. The van der Waals surface area contributed by atoms with Gasteiger partial charge in [0.05, 0.1) is 5.69 Å². The van der Waals surface area contributed by atoms with Gasteiger partial charge in [-0.25, -0.2) is 13.8 Å². The lowest BCUT2D eigenvalue weighted by Crippen LogP contribution is -2.52. The van der Waals surface area contributed by atoms with Crippen LogP contribution < -0.4 is 10.2 Å². The maximum atomic E-state index is 14.1. The molecule has 1 aliphatic rings. The lowest BCUT2D eigenvalue weighted by molar-refractivity contribution is 0.370. The van der Waals surface area contributed by atoms with E-state index >= 15 is 0 Å². The van der Waals surface area contributed by atoms with Gasteiger partial charge in [0.15, 0.2) is 11.8 Å². The van der Waals surface area contributed by atoms with Crippen LogP contribution in [0.25, 0.3) is 11.4 Å². The number of piperazine rings is 1. The number of guanidine groups is 1. The number of rotatable bonds is 4. The highest BCUT2D eigenvalue weighted by Crippen LogP contribution is 2.22. The Hall–Kier alpha value is -2.76. The predicted molar refractivity (Wildman–Crippen MR) is 128 cm³/mol. The van der Waals surface area contributed by atoms with E-state index < -0.39 is 11.6 Å². The van der Waals surface area contributed by atoms with Gasteiger partial charge < -0.3 is 15.1 Å². The molecule has 1 fully saturated rings. The number of H-pyrrole nitrogens is 1. The second-order valence-corrected chi connectivity index (χ2v) is 7.01. The third-order valence-corrected chi connectivity index (χ3v) is 5.11. The van der Waals surface area contributed by atoms with Crippen LogP contribution in [0.1, 0.15) is 5.56 Å². The molecule has 1 aromatic heterocycles. The molecule has 7 nitrogen and oxygen atoms in total. The summed E-state index contributed by atoms with van der Waals surface area (Å²) in [5.41, 5.74) is 2.36. The summed E-state index contributed by atoms with van der Waals surface area (Å²) in [6.45, 7) is 3.10. The van der Waals surface area contributed by atoms with Crippen LogP contribution in [0, 0.1) is 11.6 Å². The zero-order chi connectivity index (χ0) is 20.9. The first kappa shape index (κ1) is 22.9. The molecule has 0 radical (unpaired) electrons. The molecule has 2 heterocycles. The minimum atomic E-state index is -0.432. The van der Waals surface area contributed by atoms with Crippen LogP contribution in [-0.4, -0.2) is 59.3 Å². The zero-order valence-corrected chi connectivity index (χ0v) is 19.4. The normalized spacial score (nSPS) is 14.4. The Morgan fingerprint density at radius 1 is 1.13 bits per heavy atom. The van der Waals surface area contributed by atoms with Gasteiger partial charge in [-0.3, -0.25) is 10.1 Å². The summed E-state index contributed by atoms with van der Waals surface area (Å²) in [5, 5.41) is 10.1. The van der Waals surface area contributed by atoms with Crippen molar-refractivity contribution in [3.8, 4) is 11.4 Å². The second-order valence-electron chi connectivity index (χ2n) is 7.01. The molecule has 1 aliphatic heterocycles. The van der Waals surface area contributed by atoms with E-state index in [4.69, 9.17) is 0 Å². The van der Waals surface area contributed by atoms with Crippen LogP contribution in [0.15, 0.2) is 53.8 Å². The highest BCUT2D eigenvalue weighted by molar-refractivity contribution is 14.0. The van der Waals surface area contributed by atoms with Gasteiger partial charge in [-0.2, -0.15) is 5.10 Å². The van der Waals surface area contributed by atoms with E-state index in [9.17, 15) is 8.78 Å². The molecule has 10 heteroatoms. The number of hydrogen-bond donors (Lipinski definition) is 2. The van der Waals surface area contributed by atoms with Crippen LogP contribution in [0.5, 0.6) is 0 Å². The number of benzene rings is 2. The largest absolute Gasteiger partial charge is 0.366 e. The van der Waals surface area contributed by atoms with Crippen molar-refractivity contribution in [2.24, 2.45) is 4.99 Å². The predicted octanol–water partition coefficient (Wildman–Crippen LogP) is 3.27. The van der Waals surface area contributed by atoms with Gasteiger partial charge in [-0.15, -0.1) is 24.0 Å². The van der Waals surface area contributed by atoms with Crippen molar-refractivity contribution < 1.29 is 8.78 Å². The maximum absolute atomic E-state index is 14.1. The van der Waals surface area contributed by atoms with Gasteiger partial charge in [0.25, 0.3) is 0 Å². The number of aliphatic imine (C=N–C) groups is 1. The summed E-state index contributed by atoms with van der Waals surface area (Å²) >= 11 is 0. The van der Waals surface area contributed by atoms with E-state index in [0.29, 0.717) is 38.4 Å². The first-order valence-corrected chi connectivity index (χ1v) is 9.74. The highest BCUT2D eigenvalue weighted by Gasteiger charge is 2.22. The SMILES string of the molecule is CN=C(NCc1cccc(-c2ncn[nH]2)c1)N1CCN(c2cc(F)ccc2F)CC1.I. The van der Waals surface area contributed by atoms with Crippen LogP contribution >= 0.6 is 24.0 Å². The van der Waals surface area contributed by atoms with Crippen LogP contribution in [0.3, 0.4) is 0 Å². The maximum Gasteiger partial charge on any atom is 0.194 e. The van der Waals surface area contributed by atoms with E-state index in [-0.39, 0.29) is 24.0 Å². The van der Waals surface area contributed by atoms with Crippen molar-refractivity contribution in [2.75, 3.05) is 38.1 Å². The van der Waals surface area contributed by atoms with Gasteiger partial charge in [0.2, 0.25) is 0 Å². The Balaban J connectivity index is 0.00000272. The monoisotopic (exact) mass is 539 g/mol. The Morgan fingerprint density at radius 2 is 1.94 bits per heavy atom. The molecule has 0 atom stereocenters. The molecule has 2 N–H and O–H groups in total. The zero-order valence-electron chi connectivity index (χ0n) is 17.1. The number of aromatic nitrogens is 3. The molecule has 0 spiro atoms. The van der Waals surface area contributed by atoms with Gasteiger partial charge in [0.1, 0.15) is 18.0 Å². The minimum absolute atomic E-state index is 0. The smallest absolute Gasteiger partial charge is 0.194 e. The van der Waals surface area contributed by atoms with Crippen molar-refractivity contribution in [1.82, 2.24) is 25.4 Å². The number of halogens is 3. The molecular weight excluding hydrogens is 515 g/mol. The average molecular weight is 539 g/mol. The van der Waals surface area contributed by atoms with Crippen LogP contribution in [0.2, 0.25) is 0 Å². The van der Waals surface area contributed by atoms with E-state index in [1.807, 2.05) is 29.2 Å². The molecule has 0 aliphatic carbocycles. The number of nitrogens with one attached hydrogen (secondary N) is 2. The van der Waals surface area contributed by atoms with Gasteiger partial charge in [-0.05, 0) is 23.8 Å². The molecule has 1 saturated heterocycles. The first-order valence-electron chi connectivity index (χ1n) is 9.74. The van der Waals surface area contributed by atoms with Crippen LogP contribution in [-0.2, 0) is 6.54 Å². The fraction of sp³-hybridized carbons (Fsp3) is 0.286. The summed E-state index contributed by atoms with van der Waals surface area (Å²) in [5.74, 6) is 0.666. The summed E-state index contributed by atoms with van der Waals surface area (Å²) in [7, 11) is 1.74. The topological polar surface area (TPSA) is 72.4 Å². The average Bonchev–Trinajstić information content (AvgIpc) is 3.32. The summed E-state index contributed by atoms with van der Waals surface area (Å²) < 4.78 is 27.5.